The van der Waals surface area contributed by atoms with Crippen LogP contribution in [0.25, 0.3) is 22.3 Å². The van der Waals surface area contributed by atoms with Gasteiger partial charge in [-0.1, -0.05) is 75.9 Å². The van der Waals surface area contributed by atoms with Gasteiger partial charge >= 0.3 is 46.8 Å². The van der Waals surface area contributed by atoms with Crippen LogP contribution in [0.4, 0.5) is 0 Å². The summed E-state index contributed by atoms with van der Waals surface area (Å²) in [5, 5.41) is 0. The van der Waals surface area contributed by atoms with Crippen molar-refractivity contribution in [2.45, 2.75) is 0 Å². The van der Waals surface area contributed by atoms with E-state index in [1.165, 1.54) is 6.20 Å². The predicted molar refractivity (Wildman–Crippen MR) is 160 cm³/mol. The van der Waals surface area contributed by atoms with Gasteiger partial charge in [0.2, 0.25) is 0 Å². The Morgan fingerprint density at radius 3 is 1.25 bits per heavy atom. The molecule has 3 aromatic heterocycles. The Bertz CT molecular complexity index is 1280. The van der Waals surface area contributed by atoms with Crippen LogP contribution in [-0.4, -0.2) is 22.1 Å². The molecule has 0 aliphatic carbocycles. The van der Waals surface area contributed by atoms with E-state index in [1.54, 1.807) is 30.7 Å². The molecule has 0 spiro atoms. The summed E-state index contributed by atoms with van der Waals surface area (Å²) in [5.74, 6) is 0. The van der Waals surface area contributed by atoms with Gasteiger partial charge in [-0.25, -0.2) is 0 Å². The van der Waals surface area contributed by atoms with E-state index in [0.717, 1.165) is 47.3 Å². The summed E-state index contributed by atoms with van der Waals surface area (Å²) in [4.78, 5) is 12.1. The molecule has 0 saturated heterocycles. The number of aromatic nitrogens is 3. The molecule has 0 radical (unpaired) electrons. The quantitative estimate of drug-likeness (QED) is 0.175. The molecule has 0 aliphatic rings. The second-order valence-corrected chi connectivity index (χ2v) is 10.9. The van der Waals surface area contributed by atoms with E-state index < -0.39 is 0 Å². The van der Waals surface area contributed by atoms with Crippen molar-refractivity contribution in [3.63, 3.8) is 0 Å². The normalized spacial score (nSPS) is 9.67. The molecule has 0 saturated carbocycles. The molecule has 3 heterocycles. The average Bonchev–Trinajstić information content (AvgIpc) is 2.90. The average molecular weight is 731 g/mol. The van der Waals surface area contributed by atoms with Crippen molar-refractivity contribution >= 4 is 76.3 Å². The second-order valence-electron chi connectivity index (χ2n) is 7.20. The first-order valence-electron chi connectivity index (χ1n) is 10.5. The number of nitrogens with zero attached hydrogens (tertiary/aromatic N) is 3. The first-order valence-corrected chi connectivity index (χ1v) is 13.7. The molecule has 5 rings (SSSR count). The number of pyridine rings is 3. The fourth-order valence-electron chi connectivity index (χ4n) is 2.96. The summed E-state index contributed by atoms with van der Waals surface area (Å²) in [6.45, 7) is 0. The molecule has 36 heavy (non-hydrogen) atoms. The molecule has 0 amide bonds. The SMILES string of the molecule is Brc1cc(-c2cccnc2)cc(-c2cccnc2)c1.Brc1cc(Br)cc(Br)c1.O=Bc1cccnc1. The number of hydrogen-bond acceptors (Lipinski definition) is 4. The van der Waals surface area contributed by atoms with E-state index in [-0.39, 0.29) is 0 Å². The summed E-state index contributed by atoms with van der Waals surface area (Å²) >= 11 is 13.6. The Balaban J connectivity index is 0.000000176. The molecular weight excluding hydrogens is 713 g/mol. The minimum absolute atomic E-state index is 0.618. The second kappa shape index (κ2) is 15.0. The molecule has 0 bridgehead atoms. The van der Waals surface area contributed by atoms with Crippen LogP contribution in [0.5, 0.6) is 0 Å². The van der Waals surface area contributed by atoms with E-state index in [1.807, 2.05) is 42.7 Å². The molecule has 2 aromatic carbocycles. The van der Waals surface area contributed by atoms with Crippen LogP contribution in [0.1, 0.15) is 0 Å². The minimum atomic E-state index is 0.618. The van der Waals surface area contributed by atoms with Crippen molar-refractivity contribution in [1.82, 2.24) is 15.0 Å². The molecule has 178 valence electrons. The fraction of sp³-hybridized carbons (Fsp3) is 0. The Labute approximate surface area is 244 Å². The van der Waals surface area contributed by atoms with E-state index in [2.05, 4.69) is 109 Å². The third-order valence-electron chi connectivity index (χ3n) is 4.54. The van der Waals surface area contributed by atoms with Crippen LogP contribution in [0, 0.1) is 0 Å². The van der Waals surface area contributed by atoms with Crippen molar-refractivity contribution in [3.05, 3.63) is 128 Å². The van der Waals surface area contributed by atoms with Crippen molar-refractivity contribution in [1.29, 1.82) is 0 Å². The third kappa shape index (κ3) is 9.62. The molecule has 5 aromatic rings. The van der Waals surface area contributed by atoms with Crippen molar-refractivity contribution < 1.29 is 4.70 Å². The van der Waals surface area contributed by atoms with Gasteiger partial charge in [-0.05, 0) is 59.7 Å². The number of benzene rings is 2. The van der Waals surface area contributed by atoms with E-state index in [0.29, 0.717) is 5.46 Å². The topological polar surface area (TPSA) is 55.7 Å². The van der Waals surface area contributed by atoms with Crippen molar-refractivity contribution in [3.8, 4) is 22.3 Å². The third-order valence-corrected chi connectivity index (χ3v) is 6.37. The standard InChI is InChI=1S/C16H11BrN2.C6H3Br3.C5H4BNO/c17-16-8-14(12-3-1-5-18-10-12)7-15(9-16)13-4-2-6-19-11-13;7-4-1-5(8)3-6(9)2-4;8-6-5-2-1-3-7-4-5/h1-11H;1-3H;1-4H. The van der Waals surface area contributed by atoms with Gasteiger partial charge < -0.3 is 0 Å². The van der Waals surface area contributed by atoms with Gasteiger partial charge in [0.05, 0.1) is 0 Å². The summed E-state index contributed by atoms with van der Waals surface area (Å²) in [6, 6.07) is 23.8. The fourth-order valence-corrected chi connectivity index (χ4v) is 5.85. The molecule has 0 N–H and O–H groups in total. The first kappa shape index (κ1) is 28.2. The zero-order valence-electron chi connectivity index (χ0n) is 18.7. The van der Waals surface area contributed by atoms with Crippen LogP contribution in [0.15, 0.2) is 128 Å². The molecule has 0 unspecified atom stereocenters. The Hall–Kier alpha value is -2.33. The summed E-state index contributed by atoms with van der Waals surface area (Å²) in [5.41, 5.74) is 5.11. The van der Waals surface area contributed by atoms with Crippen molar-refractivity contribution in [2.75, 3.05) is 0 Å². The number of hydrogen-bond donors (Lipinski definition) is 0. The van der Waals surface area contributed by atoms with Crippen LogP contribution in [0.2, 0.25) is 0 Å². The van der Waals surface area contributed by atoms with Gasteiger partial charge in [0, 0.05) is 53.8 Å². The monoisotopic (exact) mass is 727 g/mol. The summed E-state index contributed by atoms with van der Waals surface area (Å²) in [7, 11) is 0.771. The Kier molecular flexibility index (Phi) is 11.8. The van der Waals surface area contributed by atoms with Crippen molar-refractivity contribution in [2.24, 2.45) is 0 Å². The molecule has 9 heteroatoms. The molecular formula is C27H18BBr4N3O. The van der Waals surface area contributed by atoms with E-state index in [9.17, 15) is 4.70 Å². The first-order chi connectivity index (χ1) is 17.4. The van der Waals surface area contributed by atoms with Gasteiger partial charge in [-0.15, -0.1) is 0 Å². The molecule has 0 atom stereocenters. The zero-order valence-corrected chi connectivity index (χ0v) is 25.1. The predicted octanol–water partition coefficient (Wildman–Crippen LogP) is 8.30. The Morgan fingerprint density at radius 2 is 0.917 bits per heavy atom. The van der Waals surface area contributed by atoms with Crippen LogP contribution in [-0.2, 0) is 4.70 Å². The van der Waals surface area contributed by atoms with Crippen LogP contribution >= 0.6 is 63.7 Å². The van der Waals surface area contributed by atoms with Crippen LogP contribution < -0.4 is 5.46 Å². The maximum absolute atomic E-state index is 9.97. The summed E-state index contributed by atoms with van der Waals surface area (Å²) < 4.78 is 14.2. The Morgan fingerprint density at radius 1 is 0.500 bits per heavy atom. The van der Waals surface area contributed by atoms with Crippen LogP contribution in [0.3, 0.4) is 0 Å². The van der Waals surface area contributed by atoms with Gasteiger partial charge in [0.25, 0.3) is 0 Å². The molecule has 4 nitrogen and oxygen atoms in total. The van der Waals surface area contributed by atoms with E-state index >= 15 is 0 Å². The van der Waals surface area contributed by atoms with E-state index in [4.69, 9.17) is 0 Å². The molecule has 0 fully saturated rings. The maximum atomic E-state index is 9.97. The van der Waals surface area contributed by atoms with Gasteiger partial charge in [-0.3, -0.25) is 9.97 Å². The molecule has 0 aliphatic heterocycles. The number of halogens is 4. The van der Waals surface area contributed by atoms with Gasteiger partial charge in [0.15, 0.2) is 0 Å². The summed E-state index contributed by atoms with van der Waals surface area (Å²) in [6.07, 6.45) is 10.5. The number of rotatable bonds is 3. The van der Waals surface area contributed by atoms with Gasteiger partial charge in [-0.2, -0.15) is 0 Å². The van der Waals surface area contributed by atoms with Gasteiger partial charge in [0.1, 0.15) is 0 Å². The zero-order chi connectivity index (χ0) is 25.8.